The molecule has 0 unspecified atom stereocenters. The lowest BCUT2D eigenvalue weighted by Crippen LogP contribution is -2.54. The zero-order valence-electron chi connectivity index (χ0n) is 12.4. The van der Waals surface area contributed by atoms with Gasteiger partial charge in [-0.25, -0.2) is 0 Å². The van der Waals surface area contributed by atoms with Gasteiger partial charge in [0.1, 0.15) is 0 Å². The van der Waals surface area contributed by atoms with E-state index in [4.69, 9.17) is 0 Å². The minimum absolute atomic E-state index is 0.404. The third-order valence-corrected chi connectivity index (χ3v) is 4.29. The topological polar surface area (TPSA) is 41.0 Å². The second-order valence-electron chi connectivity index (χ2n) is 5.84. The molecule has 2 aromatic rings. The normalized spacial score (nSPS) is 25.8. The molecule has 3 atom stereocenters. The predicted octanol–water partition coefficient (Wildman–Crippen LogP) is 2.37. The molecule has 3 rings (SSSR count). The maximum atomic E-state index is 4.41. The zero-order chi connectivity index (χ0) is 14.1. The van der Waals surface area contributed by atoms with Crippen molar-refractivity contribution >= 4 is 11.0 Å². The van der Waals surface area contributed by atoms with Crippen molar-refractivity contribution < 1.29 is 0 Å². The van der Waals surface area contributed by atoms with Crippen LogP contribution in [-0.4, -0.2) is 40.0 Å². The van der Waals surface area contributed by atoms with Crippen LogP contribution in [0.4, 0.5) is 0 Å². The summed E-state index contributed by atoms with van der Waals surface area (Å²) in [5, 5.41) is 3.53. The van der Waals surface area contributed by atoms with Crippen LogP contribution in [0.15, 0.2) is 30.6 Å². The molecule has 0 spiro atoms. The van der Waals surface area contributed by atoms with Crippen molar-refractivity contribution in [2.75, 3.05) is 13.1 Å². The lowest BCUT2D eigenvalue weighted by Gasteiger charge is -2.41. The summed E-state index contributed by atoms with van der Waals surface area (Å²) in [7, 11) is 0. The van der Waals surface area contributed by atoms with Crippen LogP contribution >= 0.6 is 0 Å². The van der Waals surface area contributed by atoms with Crippen molar-refractivity contribution in [3.8, 4) is 0 Å². The van der Waals surface area contributed by atoms with Crippen molar-refractivity contribution in [3.05, 3.63) is 36.2 Å². The van der Waals surface area contributed by atoms with Crippen LogP contribution in [0.5, 0.6) is 0 Å². The maximum Gasteiger partial charge on any atom is 0.0890 e. The molecule has 20 heavy (non-hydrogen) atoms. The van der Waals surface area contributed by atoms with Crippen LogP contribution in [-0.2, 0) is 0 Å². The fourth-order valence-corrected chi connectivity index (χ4v) is 3.02. The van der Waals surface area contributed by atoms with Gasteiger partial charge in [-0.3, -0.25) is 14.9 Å². The summed E-state index contributed by atoms with van der Waals surface area (Å²) in [4.78, 5) is 11.3. The summed E-state index contributed by atoms with van der Waals surface area (Å²) < 4.78 is 0. The molecule has 1 fully saturated rings. The van der Waals surface area contributed by atoms with Gasteiger partial charge in [0.2, 0.25) is 0 Å². The van der Waals surface area contributed by atoms with Gasteiger partial charge >= 0.3 is 0 Å². The van der Waals surface area contributed by atoms with Gasteiger partial charge in [-0.05, 0) is 38.5 Å². The third kappa shape index (κ3) is 2.53. The first-order valence-electron chi connectivity index (χ1n) is 7.35. The van der Waals surface area contributed by atoms with E-state index >= 15 is 0 Å². The quantitative estimate of drug-likeness (QED) is 0.909. The maximum absolute atomic E-state index is 4.41. The van der Waals surface area contributed by atoms with E-state index in [-0.39, 0.29) is 0 Å². The molecular weight excluding hydrogens is 248 g/mol. The summed E-state index contributed by atoms with van der Waals surface area (Å²) in [6.07, 6.45) is 3.50. The van der Waals surface area contributed by atoms with Gasteiger partial charge in [0, 0.05) is 43.6 Å². The van der Waals surface area contributed by atoms with Crippen molar-refractivity contribution in [1.29, 1.82) is 0 Å². The van der Waals surface area contributed by atoms with Gasteiger partial charge in [0.15, 0.2) is 0 Å². The molecule has 106 valence electrons. The summed E-state index contributed by atoms with van der Waals surface area (Å²) in [5.74, 6) is 0. The third-order valence-electron chi connectivity index (χ3n) is 4.29. The Hall–Kier alpha value is -1.52. The highest BCUT2D eigenvalue weighted by Crippen LogP contribution is 2.26. The first kappa shape index (κ1) is 13.5. The summed E-state index contributed by atoms with van der Waals surface area (Å²) in [6.45, 7) is 8.96. The Morgan fingerprint density at radius 2 is 1.95 bits per heavy atom. The van der Waals surface area contributed by atoms with E-state index < -0.39 is 0 Å². The number of rotatable bonds is 2. The SMILES string of the molecule is C[C@@H]1CN[C@@H](C)CN1[C@@H](C)c1ccc2nccnc2c1. The van der Waals surface area contributed by atoms with Gasteiger partial charge < -0.3 is 5.32 Å². The number of piperazine rings is 1. The average molecular weight is 270 g/mol. The molecule has 2 heterocycles. The number of nitrogens with one attached hydrogen (secondary N) is 1. The van der Waals surface area contributed by atoms with Crippen molar-refractivity contribution in [1.82, 2.24) is 20.2 Å². The number of aromatic nitrogens is 2. The van der Waals surface area contributed by atoms with Gasteiger partial charge in [0.25, 0.3) is 0 Å². The largest absolute Gasteiger partial charge is 0.311 e. The Bertz CT molecular complexity index is 598. The van der Waals surface area contributed by atoms with Crippen molar-refractivity contribution in [3.63, 3.8) is 0 Å². The lowest BCUT2D eigenvalue weighted by atomic mass is 10.0. The Balaban J connectivity index is 1.89. The predicted molar refractivity (Wildman–Crippen MR) is 81.6 cm³/mol. The average Bonchev–Trinajstić information content (AvgIpc) is 2.48. The molecule has 1 saturated heterocycles. The van der Waals surface area contributed by atoms with Crippen LogP contribution in [0, 0.1) is 0 Å². The number of hydrogen-bond donors (Lipinski definition) is 1. The summed E-state index contributed by atoms with van der Waals surface area (Å²) >= 11 is 0. The van der Waals surface area contributed by atoms with Gasteiger partial charge in [-0.1, -0.05) is 6.07 Å². The Morgan fingerprint density at radius 1 is 1.20 bits per heavy atom. The highest BCUT2D eigenvalue weighted by atomic mass is 15.2. The monoisotopic (exact) mass is 270 g/mol. The molecule has 0 saturated carbocycles. The van der Waals surface area contributed by atoms with Crippen LogP contribution in [0.2, 0.25) is 0 Å². The standard InChI is InChI=1S/C16H22N4/c1-11-10-20(12(2)9-19-11)13(3)14-4-5-15-16(8-14)18-7-6-17-15/h4-8,11-13,19H,9-10H2,1-3H3/t11-,12+,13-/m0/s1. The second kappa shape index (κ2) is 5.46. The van der Waals surface area contributed by atoms with Crippen LogP contribution in [0.3, 0.4) is 0 Å². The molecule has 1 aliphatic rings. The Labute approximate surface area is 120 Å². The molecule has 4 nitrogen and oxygen atoms in total. The van der Waals surface area contributed by atoms with E-state index in [0.29, 0.717) is 18.1 Å². The van der Waals surface area contributed by atoms with Gasteiger partial charge in [-0.2, -0.15) is 0 Å². The van der Waals surface area contributed by atoms with E-state index in [1.807, 2.05) is 0 Å². The molecule has 0 aliphatic carbocycles. The highest BCUT2D eigenvalue weighted by Gasteiger charge is 2.27. The number of benzene rings is 1. The molecule has 0 bridgehead atoms. The van der Waals surface area contributed by atoms with Crippen LogP contribution in [0.1, 0.15) is 32.4 Å². The summed E-state index contributed by atoms with van der Waals surface area (Å²) in [5.41, 5.74) is 3.26. The van der Waals surface area contributed by atoms with Crippen molar-refractivity contribution in [2.24, 2.45) is 0 Å². The smallest absolute Gasteiger partial charge is 0.0890 e. The first-order chi connectivity index (χ1) is 9.65. The van der Waals surface area contributed by atoms with E-state index in [1.54, 1.807) is 12.4 Å². The number of hydrogen-bond acceptors (Lipinski definition) is 4. The lowest BCUT2D eigenvalue weighted by molar-refractivity contribution is 0.103. The molecule has 1 aromatic carbocycles. The summed E-state index contributed by atoms with van der Waals surface area (Å²) in [6, 6.07) is 7.94. The van der Waals surface area contributed by atoms with Gasteiger partial charge in [0.05, 0.1) is 11.0 Å². The zero-order valence-corrected chi connectivity index (χ0v) is 12.4. The number of nitrogens with zero attached hydrogens (tertiary/aromatic N) is 3. The Kier molecular flexibility index (Phi) is 3.68. The molecule has 1 aromatic heterocycles. The molecule has 4 heteroatoms. The Morgan fingerprint density at radius 3 is 2.75 bits per heavy atom. The minimum Gasteiger partial charge on any atom is -0.311 e. The van der Waals surface area contributed by atoms with Gasteiger partial charge in [-0.15, -0.1) is 0 Å². The fourth-order valence-electron chi connectivity index (χ4n) is 3.02. The van der Waals surface area contributed by atoms with Crippen LogP contribution < -0.4 is 5.32 Å². The fraction of sp³-hybridized carbons (Fsp3) is 0.500. The van der Waals surface area contributed by atoms with Crippen LogP contribution in [0.25, 0.3) is 11.0 Å². The molecule has 1 aliphatic heterocycles. The van der Waals surface area contributed by atoms with E-state index in [2.05, 4.69) is 59.2 Å². The van der Waals surface area contributed by atoms with E-state index in [9.17, 15) is 0 Å². The molecule has 1 N–H and O–H groups in total. The first-order valence-corrected chi connectivity index (χ1v) is 7.35. The van der Waals surface area contributed by atoms with E-state index in [1.165, 1.54) is 5.56 Å². The second-order valence-corrected chi connectivity index (χ2v) is 5.84. The highest BCUT2D eigenvalue weighted by molar-refractivity contribution is 5.74. The van der Waals surface area contributed by atoms with Crippen molar-refractivity contribution in [2.45, 2.75) is 38.9 Å². The number of fused-ring (bicyclic) bond motifs is 1. The molecule has 0 radical (unpaired) electrons. The molecule has 0 amide bonds. The molecular formula is C16H22N4. The van der Waals surface area contributed by atoms with E-state index in [0.717, 1.165) is 24.1 Å². The minimum atomic E-state index is 0.404.